The third kappa shape index (κ3) is 2.91. The third-order valence-electron chi connectivity index (χ3n) is 6.37. The average molecular weight is 405 g/mol. The second-order valence-electron chi connectivity index (χ2n) is 8.21. The maximum atomic E-state index is 13.4. The number of fused-ring (bicyclic) bond motifs is 3. The molecule has 0 N–H and O–H groups in total. The van der Waals surface area contributed by atoms with Crippen LogP contribution in [-0.4, -0.2) is 24.4 Å². The highest BCUT2D eigenvalue weighted by molar-refractivity contribution is 5.84. The number of nitrogens with zero attached hydrogens (tertiary/aromatic N) is 5. The summed E-state index contributed by atoms with van der Waals surface area (Å²) in [4.78, 5) is 13.3. The average Bonchev–Trinajstić information content (AvgIpc) is 3.14. The maximum Gasteiger partial charge on any atom is 0.280 e. The molecule has 1 saturated carbocycles. The number of aromatic nitrogens is 5. The molecular formula is C23H24FN5O. The zero-order valence-corrected chi connectivity index (χ0v) is 17.2. The molecule has 4 aromatic rings. The van der Waals surface area contributed by atoms with Gasteiger partial charge in [-0.1, -0.05) is 38.8 Å². The van der Waals surface area contributed by atoms with Gasteiger partial charge in [0.25, 0.3) is 5.56 Å². The summed E-state index contributed by atoms with van der Waals surface area (Å²) >= 11 is 0. The number of benzene rings is 1. The fourth-order valence-corrected chi connectivity index (χ4v) is 4.74. The molecule has 0 amide bonds. The van der Waals surface area contributed by atoms with Crippen LogP contribution >= 0.6 is 0 Å². The van der Waals surface area contributed by atoms with Gasteiger partial charge in [-0.25, -0.2) is 8.91 Å². The molecule has 0 aliphatic heterocycles. The Morgan fingerprint density at radius 1 is 1.10 bits per heavy atom. The second kappa shape index (κ2) is 7.31. The van der Waals surface area contributed by atoms with E-state index in [0.717, 1.165) is 36.1 Å². The topological polar surface area (TPSA) is 65.1 Å². The number of halogens is 1. The Morgan fingerprint density at radius 3 is 2.60 bits per heavy atom. The van der Waals surface area contributed by atoms with Crippen molar-refractivity contribution in [3.8, 4) is 11.1 Å². The van der Waals surface area contributed by atoms with Gasteiger partial charge < -0.3 is 4.57 Å². The van der Waals surface area contributed by atoms with E-state index < -0.39 is 0 Å². The summed E-state index contributed by atoms with van der Waals surface area (Å²) in [5.41, 5.74) is 3.95. The van der Waals surface area contributed by atoms with Crippen molar-refractivity contribution in [2.75, 3.05) is 0 Å². The molecule has 1 fully saturated rings. The minimum absolute atomic E-state index is 0.113. The first-order valence-corrected chi connectivity index (χ1v) is 10.6. The van der Waals surface area contributed by atoms with Crippen LogP contribution in [0.25, 0.3) is 27.8 Å². The van der Waals surface area contributed by atoms with Crippen LogP contribution in [0, 0.1) is 11.7 Å². The Hall–Kier alpha value is -3.09. The minimum Gasteiger partial charge on any atom is -0.310 e. The molecule has 0 spiro atoms. The summed E-state index contributed by atoms with van der Waals surface area (Å²) in [7, 11) is 0. The Labute approximate surface area is 173 Å². The van der Waals surface area contributed by atoms with Gasteiger partial charge in [-0.3, -0.25) is 4.79 Å². The molecule has 5 rings (SSSR count). The highest BCUT2D eigenvalue weighted by Gasteiger charge is 2.25. The van der Waals surface area contributed by atoms with E-state index in [9.17, 15) is 9.18 Å². The summed E-state index contributed by atoms with van der Waals surface area (Å²) in [6.45, 7) is 4.23. The van der Waals surface area contributed by atoms with E-state index >= 15 is 0 Å². The molecule has 0 bridgehead atoms. The molecule has 0 unspecified atom stereocenters. The monoisotopic (exact) mass is 405 g/mol. The maximum absolute atomic E-state index is 13.4. The molecule has 3 heterocycles. The van der Waals surface area contributed by atoms with Gasteiger partial charge >= 0.3 is 0 Å². The van der Waals surface area contributed by atoms with Crippen LogP contribution in [0.3, 0.4) is 0 Å². The van der Waals surface area contributed by atoms with Crippen LogP contribution in [-0.2, 0) is 6.42 Å². The van der Waals surface area contributed by atoms with Gasteiger partial charge in [0.05, 0.1) is 11.3 Å². The largest absolute Gasteiger partial charge is 0.310 e. The van der Waals surface area contributed by atoms with Gasteiger partial charge in [-0.2, -0.15) is 5.10 Å². The molecule has 30 heavy (non-hydrogen) atoms. The van der Waals surface area contributed by atoms with Crippen molar-refractivity contribution in [2.24, 2.45) is 5.92 Å². The van der Waals surface area contributed by atoms with Crippen molar-refractivity contribution in [3.05, 3.63) is 58.4 Å². The van der Waals surface area contributed by atoms with E-state index in [-0.39, 0.29) is 17.4 Å². The number of hydrogen-bond donors (Lipinski definition) is 0. The first-order chi connectivity index (χ1) is 14.6. The fraction of sp³-hybridized carbons (Fsp3) is 0.391. The SMILES string of the molecule is CCc1nn2c(nnc3c(=O)n([C@H]4CCCC[C@@H]4C)ccc32)c1-c1ccc(F)cc1. The standard InChI is InChI=1S/C23H24FN5O/c1-3-17-20(15-8-10-16(24)11-9-15)22-26-25-21-19(29(22)27-17)12-13-28(23(21)30)18-7-5-4-6-14(18)2/h8-14,18H,3-7H2,1-2H3/t14-,18-/m0/s1. The molecule has 3 aromatic heterocycles. The molecule has 6 nitrogen and oxygen atoms in total. The number of hydrogen-bond acceptors (Lipinski definition) is 4. The predicted molar refractivity (Wildman–Crippen MR) is 114 cm³/mol. The van der Waals surface area contributed by atoms with Crippen LogP contribution in [0.5, 0.6) is 0 Å². The number of pyridine rings is 1. The van der Waals surface area contributed by atoms with Gasteiger partial charge in [-0.15, -0.1) is 10.2 Å². The number of rotatable bonds is 3. The smallest absolute Gasteiger partial charge is 0.280 e. The summed E-state index contributed by atoms with van der Waals surface area (Å²) in [6, 6.07) is 8.42. The second-order valence-corrected chi connectivity index (χ2v) is 8.21. The highest BCUT2D eigenvalue weighted by atomic mass is 19.1. The summed E-state index contributed by atoms with van der Waals surface area (Å²) in [5.74, 6) is 0.175. The Morgan fingerprint density at radius 2 is 1.87 bits per heavy atom. The van der Waals surface area contributed by atoms with Crippen molar-refractivity contribution < 1.29 is 4.39 Å². The Kier molecular flexibility index (Phi) is 4.60. The molecule has 1 aromatic carbocycles. The van der Waals surface area contributed by atoms with Crippen molar-refractivity contribution >= 4 is 16.7 Å². The van der Waals surface area contributed by atoms with Crippen molar-refractivity contribution in [1.29, 1.82) is 0 Å². The molecular weight excluding hydrogens is 381 g/mol. The van der Waals surface area contributed by atoms with Crippen LogP contribution in [0.2, 0.25) is 0 Å². The van der Waals surface area contributed by atoms with E-state index in [1.165, 1.54) is 18.6 Å². The van der Waals surface area contributed by atoms with Crippen molar-refractivity contribution in [3.63, 3.8) is 0 Å². The summed E-state index contributed by atoms with van der Waals surface area (Å²) < 4.78 is 16.9. The zero-order valence-electron chi connectivity index (χ0n) is 17.2. The van der Waals surface area contributed by atoms with Gasteiger partial charge in [0.15, 0.2) is 11.2 Å². The Bertz CT molecular complexity index is 1290. The van der Waals surface area contributed by atoms with Gasteiger partial charge in [0, 0.05) is 12.2 Å². The lowest BCUT2D eigenvalue weighted by Gasteiger charge is -2.30. The van der Waals surface area contributed by atoms with E-state index in [2.05, 4.69) is 17.1 Å². The zero-order chi connectivity index (χ0) is 20.8. The van der Waals surface area contributed by atoms with Crippen LogP contribution < -0.4 is 5.56 Å². The summed E-state index contributed by atoms with van der Waals surface area (Å²) in [5, 5.41) is 13.4. The first-order valence-electron chi connectivity index (χ1n) is 10.6. The lowest BCUT2D eigenvalue weighted by atomic mass is 9.85. The fourth-order valence-electron chi connectivity index (χ4n) is 4.74. The van der Waals surface area contributed by atoms with Gasteiger partial charge in [0.2, 0.25) is 0 Å². The first kappa shape index (κ1) is 18.9. The van der Waals surface area contributed by atoms with Crippen LogP contribution in [0.15, 0.2) is 41.3 Å². The normalized spacial score (nSPS) is 19.6. The highest BCUT2D eigenvalue weighted by Crippen LogP contribution is 2.33. The quantitative estimate of drug-likeness (QED) is 0.501. The van der Waals surface area contributed by atoms with Crippen LogP contribution in [0.1, 0.15) is 51.3 Å². The lowest BCUT2D eigenvalue weighted by Crippen LogP contribution is -2.31. The molecule has 1 aliphatic carbocycles. The predicted octanol–water partition coefficient (Wildman–Crippen LogP) is 4.56. The van der Waals surface area contributed by atoms with E-state index in [1.54, 1.807) is 16.6 Å². The molecule has 1 aliphatic rings. The molecule has 7 heteroatoms. The molecule has 154 valence electrons. The number of aryl methyl sites for hydroxylation is 1. The van der Waals surface area contributed by atoms with E-state index in [0.29, 0.717) is 29.0 Å². The Balaban J connectivity index is 1.72. The van der Waals surface area contributed by atoms with Crippen LogP contribution in [0.4, 0.5) is 4.39 Å². The molecule has 0 saturated heterocycles. The van der Waals surface area contributed by atoms with Crippen molar-refractivity contribution in [2.45, 2.75) is 52.0 Å². The minimum atomic E-state index is -0.290. The van der Waals surface area contributed by atoms with Gasteiger partial charge in [-0.05, 0) is 48.9 Å². The third-order valence-corrected chi connectivity index (χ3v) is 6.37. The molecule has 0 radical (unpaired) electrons. The molecule has 2 atom stereocenters. The van der Waals surface area contributed by atoms with Crippen molar-refractivity contribution in [1.82, 2.24) is 24.4 Å². The summed E-state index contributed by atoms with van der Waals surface area (Å²) in [6.07, 6.45) is 7.08. The van der Waals surface area contributed by atoms with E-state index in [1.807, 2.05) is 23.8 Å². The lowest BCUT2D eigenvalue weighted by molar-refractivity contribution is 0.253. The van der Waals surface area contributed by atoms with E-state index in [4.69, 9.17) is 5.10 Å². The van der Waals surface area contributed by atoms with Gasteiger partial charge in [0.1, 0.15) is 11.3 Å².